The maximum atomic E-state index is 13.9. The van der Waals surface area contributed by atoms with Crippen molar-refractivity contribution in [2.24, 2.45) is 0 Å². The summed E-state index contributed by atoms with van der Waals surface area (Å²) >= 11 is 0. The van der Waals surface area contributed by atoms with E-state index in [1.165, 1.54) is 24.3 Å². The van der Waals surface area contributed by atoms with Gasteiger partial charge in [0.2, 0.25) is 0 Å². The van der Waals surface area contributed by atoms with E-state index in [9.17, 15) is 17.2 Å². The van der Waals surface area contributed by atoms with Gasteiger partial charge in [0.1, 0.15) is 0 Å². The van der Waals surface area contributed by atoms with Crippen LogP contribution in [0.2, 0.25) is 0 Å². The summed E-state index contributed by atoms with van der Waals surface area (Å²) in [6.45, 7) is 0. The summed E-state index contributed by atoms with van der Waals surface area (Å²) in [5, 5.41) is 2.90. The molecule has 0 saturated heterocycles. The first-order valence-electron chi connectivity index (χ1n) is 6.26. The zero-order valence-corrected chi connectivity index (χ0v) is 12.4. The Balaban J connectivity index is 2.45. The molecule has 2 rings (SSSR count). The largest absolute Gasteiger partial charge is 0.309 e. The Morgan fingerprint density at radius 2 is 1.67 bits per heavy atom. The van der Waals surface area contributed by atoms with Crippen LogP contribution in [-0.2, 0) is 9.84 Å². The molecule has 112 valence electrons. The third-order valence-electron chi connectivity index (χ3n) is 3.22. The lowest BCUT2D eigenvalue weighted by atomic mass is 9.98. The molecule has 3 nitrogen and oxygen atoms in total. The first-order chi connectivity index (χ1) is 9.84. The number of benzene rings is 2. The van der Waals surface area contributed by atoms with Gasteiger partial charge in [0.15, 0.2) is 21.5 Å². The molecular weight excluding hydrogens is 296 g/mol. The first kappa shape index (κ1) is 15.6. The Kier molecular flexibility index (Phi) is 4.39. The lowest BCUT2D eigenvalue weighted by molar-refractivity contribution is 0.487. The molecule has 0 radical (unpaired) electrons. The van der Waals surface area contributed by atoms with Gasteiger partial charge >= 0.3 is 0 Å². The van der Waals surface area contributed by atoms with E-state index in [0.29, 0.717) is 5.56 Å². The van der Waals surface area contributed by atoms with Crippen molar-refractivity contribution in [1.29, 1.82) is 0 Å². The van der Waals surface area contributed by atoms with Crippen LogP contribution in [0.1, 0.15) is 17.2 Å². The summed E-state index contributed by atoms with van der Waals surface area (Å²) in [6, 6.07) is 9.49. The number of hydrogen-bond donors (Lipinski definition) is 1. The van der Waals surface area contributed by atoms with E-state index in [-0.39, 0.29) is 10.5 Å². The van der Waals surface area contributed by atoms with Crippen molar-refractivity contribution in [2.45, 2.75) is 10.9 Å². The second-order valence-corrected chi connectivity index (χ2v) is 6.72. The molecule has 0 aliphatic rings. The van der Waals surface area contributed by atoms with Crippen LogP contribution in [0.5, 0.6) is 0 Å². The molecule has 0 saturated carbocycles. The summed E-state index contributed by atoms with van der Waals surface area (Å²) in [5.41, 5.74) is 0.819. The van der Waals surface area contributed by atoms with E-state index in [4.69, 9.17) is 0 Å². The minimum absolute atomic E-state index is 0.171. The average molecular weight is 311 g/mol. The zero-order valence-electron chi connectivity index (χ0n) is 11.6. The SMILES string of the molecule is CNC(c1ccc(S(C)(=O)=O)cc1)c1cccc(F)c1F. The number of halogens is 2. The number of hydrogen-bond acceptors (Lipinski definition) is 3. The van der Waals surface area contributed by atoms with Gasteiger partial charge < -0.3 is 5.32 Å². The highest BCUT2D eigenvalue weighted by atomic mass is 32.2. The van der Waals surface area contributed by atoms with Crippen LogP contribution >= 0.6 is 0 Å². The van der Waals surface area contributed by atoms with Crippen LogP contribution in [0.3, 0.4) is 0 Å². The van der Waals surface area contributed by atoms with Crippen LogP contribution in [0, 0.1) is 11.6 Å². The molecule has 21 heavy (non-hydrogen) atoms. The molecule has 6 heteroatoms. The minimum atomic E-state index is -3.29. The van der Waals surface area contributed by atoms with Crippen molar-refractivity contribution >= 4 is 9.84 Å². The van der Waals surface area contributed by atoms with Gasteiger partial charge in [-0.05, 0) is 30.8 Å². The van der Waals surface area contributed by atoms with Crippen molar-refractivity contribution in [2.75, 3.05) is 13.3 Å². The fourth-order valence-corrected chi connectivity index (χ4v) is 2.78. The van der Waals surface area contributed by atoms with Crippen LogP contribution in [0.25, 0.3) is 0 Å². The van der Waals surface area contributed by atoms with Gasteiger partial charge in [-0.3, -0.25) is 0 Å². The van der Waals surface area contributed by atoms with Gasteiger partial charge in [-0.1, -0.05) is 24.3 Å². The monoisotopic (exact) mass is 311 g/mol. The second-order valence-electron chi connectivity index (χ2n) is 4.71. The molecule has 1 N–H and O–H groups in total. The fraction of sp³-hybridized carbons (Fsp3) is 0.200. The minimum Gasteiger partial charge on any atom is -0.309 e. The molecule has 1 unspecified atom stereocenters. The van der Waals surface area contributed by atoms with Crippen molar-refractivity contribution < 1.29 is 17.2 Å². The Morgan fingerprint density at radius 3 is 2.19 bits per heavy atom. The molecule has 2 aromatic carbocycles. The van der Waals surface area contributed by atoms with Gasteiger partial charge in [0.25, 0.3) is 0 Å². The maximum absolute atomic E-state index is 13.9. The predicted octanol–water partition coefficient (Wildman–Crippen LogP) is 2.68. The number of sulfone groups is 1. The van der Waals surface area contributed by atoms with E-state index in [2.05, 4.69) is 5.32 Å². The summed E-state index contributed by atoms with van der Waals surface area (Å²) in [6.07, 6.45) is 1.11. The Bertz CT molecular complexity index is 743. The average Bonchev–Trinajstić information content (AvgIpc) is 2.44. The molecule has 2 aromatic rings. The van der Waals surface area contributed by atoms with Crippen LogP contribution < -0.4 is 5.32 Å². The summed E-state index contributed by atoms with van der Waals surface area (Å²) in [4.78, 5) is 0.181. The van der Waals surface area contributed by atoms with E-state index in [1.54, 1.807) is 19.2 Å². The lowest BCUT2D eigenvalue weighted by Crippen LogP contribution is -2.19. The van der Waals surface area contributed by atoms with E-state index < -0.39 is 27.5 Å². The highest BCUT2D eigenvalue weighted by molar-refractivity contribution is 7.90. The molecule has 0 aromatic heterocycles. The van der Waals surface area contributed by atoms with Gasteiger partial charge in [-0.2, -0.15) is 0 Å². The summed E-state index contributed by atoms with van der Waals surface area (Å²) < 4.78 is 50.1. The molecule has 0 heterocycles. The summed E-state index contributed by atoms with van der Waals surface area (Å²) in [5.74, 6) is -1.83. The molecule has 0 bridgehead atoms. The molecule has 0 fully saturated rings. The maximum Gasteiger partial charge on any atom is 0.175 e. The standard InChI is InChI=1S/C15H15F2NO2S/c1-18-15(12-4-3-5-13(16)14(12)17)10-6-8-11(9-7-10)21(2,19)20/h3-9,15,18H,1-2H3. The lowest BCUT2D eigenvalue weighted by Gasteiger charge is -2.18. The zero-order chi connectivity index (χ0) is 15.6. The predicted molar refractivity (Wildman–Crippen MR) is 76.8 cm³/mol. The summed E-state index contributed by atoms with van der Waals surface area (Å²) in [7, 11) is -1.66. The third-order valence-corrected chi connectivity index (χ3v) is 4.35. The van der Waals surface area contributed by atoms with Crippen molar-refractivity contribution in [3.63, 3.8) is 0 Å². The van der Waals surface area contributed by atoms with Gasteiger partial charge in [0, 0.05) is 11.8 Å². The van der Waals surface area contributed by atoms with Crippen LogP contribution in [0.4, 0.5) is 8.78 Å². The van der Waals surface area contributed by atoms with E-state index in [0.717, 1.165) is 12.3 Å². The molecule has 0 aliphatic carbocycles. The van der Waals surface area contributed by atoms with Gasteiger partial charge in [-0.15, -0.1) is 0 Å². The molecule has 1 atom stereocenters. The van der Waals surface area contributed by atoms with Crippen molar-refractivity contribution in [1.82, 2.24) is 5.32 Å². The van der Waals surface area contributed by atoms with Gasteiger partial charge in [0.05, 0.1) is 10.9 Å². The quantitative estimate of drug-likeness (QED) is 0.944. The Morgan fingerprint density at radius 1 is 1.05 bits per heavy atom. The molecule has 0 spiro atoms. The molecule has 0 amide bonds. The topological polar surface area (TPSA) is 46.2 Å². The normalized spacial score (nSPS) is 13.1. The van der Waals surface area contributed by atoms with E-state index >= 15 is 0 Å². The second kappa shape index (κ2) is 5.91. The van der Waals surface area contributed by atoms with Crippen LogP contribution in [-0.4, -0.2) is 21.7 Å². The van der Waals surface area contributed by atoms with Gasteiger partial charge in [-0.25, -0.2) is 17.2 Å². The highest BCUT2D eigenvalue weighted by Gasteiger charge is 2.19. The fourth-order valence-electron chi connectivity index (χ4n) is 2.15. The van der Waals surface area contributed by atoms with Crippen molar-refractivity contribution in [3.8, 4) is 0 Å². The molecular formula is C15H15F2NO2S. The smallest absolute Gasteiger partial charge is 0.175 e. The van der Waals surface area contributed by atoms with Crippen molar-refractivity contribution in [3.05, 3.63) is 65.2 Å². The van der Waals surface area contributed by atoms with E-state index in [1.807, 2.05) is 0 Å². The number of rotatable bonds is 4. The Hall–Kier alpha value is -1.79. The van der Waals surface area contributed by atoms with Crippen LogP contribution in [0.15, 0.2) is 47.4 Å². The first-order valence-corrected chi connectivity index (χ1v) is 8.15. The molecule has 0 aliphatic heterocycles. The Labute approximate surface area is 122 Å². The number of nitrogens with one attached hydrogen (secondary N) is 1. The third kappa shape index (κ3) is 3.28. The highest BCUT2D eigenvalue weighted by Crippen LogP contribution is 2.26.